The van der Waals surface area contributed by atoms with Crippen LogP contribution in [0, 0.1) is 5.92 Å². The first-order valence-corrected chi connectivity index (χ1v) is 8.78. The number of piperazine rings is 1. The molecule has 2 aliphatic rings. The highest BCUT2D eigenvalue weighted by atomic mass is 16.2. The Labute approximate surface area is 142 Å². The van der Waals surface area contributed by atoms with E-state index in [-0.39, 0.29) is 11.8 Å². The van der Waals surface area contributed by atoms with E-state index in [1.165, 1.54) is 19.0 Å². The Balaban J connectivity index is 1.40. The molecule has 2 atom stereocenters. The van der Waals surface area contributed by atoms with Gasteiger partial charge in [-0.2, -0.15) is 15.4 Å². The van der Waals surface area contributed by atoms with E-state index in [1.54, 1.807) is 4.90 Å². The van der Waals surface area contributed by atoms with E-state index in [4.69, 9.17) is 0 Å². The van der Waals surface area contributed by atoms with Crippen molar-refractivity contribution in [3.63, 3.8) is 0 Å². The van der Waals surface area contributed by atoms with Crippen LogP contribution in [0.1, 0.15) is 43.1 Å². The van der Waals surface area contributed by atoms with Crippen molar-refractivity contribution < 1.29 is 9.59 Å². The third-order valence-electron chi connectivity index (χ3n) is 4.96. The molecule has 8 nitrogen and oxygen atoms in total. The molecule has 1 saturated heterocycles. The van der Waals surface area contributed by atoms with Crippen molar-refractivity contribution in [1.29, 1.82) is 0 Å². The molecule has 0 aromatic carbocycles. The smallest absolute Gasteiger partial charge is 0.276 e. The fourth-order valence-electron chi connectivity index (χ4n) is 3.62. The maximum Gasteiger partial charge on any atom is 0.276 e. The molecule has 1 aromatic heterocycles. The number of aromatic nitrogens is 3. The number of amides is 2. The van der Waals surface area contributed by atoms with Gasteiger partial charge in [0, 0.05) is 32.2 Å². The monoisotopic (exact) mass is 334 g/mol. The Kier molecular flexibility index (Phi) is 5.44. The number of carbonyl (C=O) groups is 2. The molecule has 0 radical (unpaired) electrons. The quantitative estimate of drug-likeness (QED) is 0.823. The van der Waals surface area contributed by atoms with E-state index in [0.717, 1.165) is 12.8 Å². The van der Waals surface area contributed by atoms with Gasteiger partial charge in [0.15, 0.2) is 5.69 Å². The van der Waals surface area contributed by atoms with Crippen molar-refractivity contribution in [2.45, 2.75) is 38.6 Å². The van der Waals surface area contributed by atoms with Gasteiger partial charge in [-0.3, -0.25) is 14.5 Å². The van der Waals surface area contributed by atoms with Crippen molar-refractivity contribution in [3.8, 4) is 0 Å². The first-order valence-electron chi connectivity index (χ1n) is 8.78. The Hall–Kier alpha value is -1.96. The van der Waals surface area contributed by atoms with Crippen LogP contribution >= 0.6 is 0 Å². The molecule has 1 aliphatic heterocycles. The van der Waals surface area contributed by atoms with E-state index in [0.29, 0.717) is 50.4 Å². The van der Waals surface area contributed by atoms with Crippen molar-refractivity contribution in [2.24, 2.45) is 5.92 Å². The highest BCUT2D eigenvalue weighted by Gasteiger charge is 2.26. The predicted octanol–water partition coefficient (Wildman–Crippen LogP) is 0.257. The maximum atomic E-state index is 12.2. The van der Waals surface area contributed by atoms with E-state index in [9.17, 15) is 9.59 Å². The summed E-state index contributed by atoms with van der Waals surface area (Å²) in [6.45, 7) is 5.30. The van der Waals surface area contributed by atoms with Gasteiger partial charge in [0.1, 0.15) is 0 Å². The number of nitrogens with zero attached hydrogens (tertiary/aromatic N) is 4. The molecule has 3 rings (SSSR count). The Morgan fingerprint density at radius 3 is 2.75 bits per heavy atom. The summed E-state index contributed by atoms with van der Waals surface area (Å²) in [4.78, 5) is 28.3. The number of carbonyl (C=O) groups excluding carboxylic acids is 2. The van der Waals surface area contributed by atoms with Crippen LogP contribution in [0.4, 0.5) is 0 Å². The highest BCUT2D eigenvalue weighted by Crippen LogP contribution is 2.23. The minimum absolute atomic E-state index is 0.102. The summed E-state index contributed by atoms with van der Waals surface area (Å²) in [5, 5.41) is 13.1. The Morgan fingerprint density at radius 1 is 1.29 bits per heavy atom. The lowest BCUT2D eigenvalue weighted by molar-refractivity contribution is -0.123. The molecule has 2 N–H and O–H groups in total. The number of hydrogen-bond donors (Lipinski definition) is 2. The normalized spacial score (nSPS) is 25.5. The van der Waals surface area contributed by atoms with Crippen LogP contribution in [-0.4, -0.2) is 75.8 Å². The van der Waals surface area contributed by atoms with Crippen LogP contribution in [0.3, 0.4) is 0 Å². The lowest BCUT2D eigenvalue weighted by atomic mass is 9.87. The summed E-state index contributed by atoms with van der Waals surface area (Å²) in [6.07, 6.45) is 6.10. The molecular formula is C16H26N6O2. The van der Waals surface area contributed by atoms with E-state index in [1.807, 2.05) is 0 Å². The molecular weight excluding hydrogens is 308 g/mol. The van der Waals surface area contributed by atoms with Crippen molar-refractivity contribution in [2.75, 3.05) is 32.7 Å². The van der Waals surface area contributed by atoms with Gasteiger partial charge in [-0.1, -0.05) is 19.8 Å². The minimum Gasteiger partial charge on any atom is -0.352 e. The van der Waals surface area contributed by atoms with E-state index in [2.05, 4.69) is 32.6 Å². The largest absolute Gasteiger partial charge is 0.352 e. The summed E-state index contributed by atoms with van der Waals surface area (Å²) in [5.74, 6) is 0.699. The lowest BCUT2D eigenvalue weighted by Gasteiger charge is -2.34. The number of hydrogen-bond acceptors (Lipinski definition) is 5. The van der Waals surface area contributed by atoms with Crippen LogP contribution < -0.4 is 5.32 Å². The summed E-state index contributed by atoms with van der Waals surface area (Å²) in [7, 11) is 0. The van der Waals surface area contributed by atoms with Crippen LogP contribution in [0.5, 0.6) is 0 Å². The maximum absolute atomic E-state index is 12.2. The standard InChI is InChI=1S/C16H26N6O2/c1-12-3-2-4-13(9-12)18-15(23)11-21-5-7-22(8-6-21)16(24)14-10-17-20-19-14/h10,12-13H,2-9,11H2,1H3,(H,18,23)(H,17,19,20). The Morgan fingerprint density at radius 2 is 2.08 bits per heavy atom. The second-order valence-corrected chi connectivity index (χ2v) is 6.96. The average Bonchev–Trinajstić information content (AvgIpc) is 3.09. The molecule has 8 heteroatoms. The van der Waals surface area contributed by atoms with Gasteiger partial charge >= 0.3 is 0 Å². The van der Waals surface area contributed by atoms with Gasteiger partial charge in [0.25, 0.3) is 5.91 Å². The van der Waals surface area contributed by atoms with Crippen LogP contribution in [-0.2, 0) is 4.79 Å². The lowest BCUT2D eigenvalue weighted by Crippen LogP contribution is -2.52. The van der Waals surface area contributed by atoms with Gasteiger partial charge < -0.3 is 10.2 Å². The first-order chi connectivity index (χ1) is 11.6. The number of nitrogens with one attached hydrogen (secondary N) is 2. The van der Waals surface area contributed by atoms with Gasteiger partial charge in [0.2, 0.25) is 5.91 Å². The van der Waals surface area contributed by atoms with E-state index >= 15 is 0 Å². The second kappa shape index (κ2) is 7.74. The summed E-state index contributed by atoms with van der Waals surface area (Å²) >= 11 is 0. The average molecular weight is 334 g/mol. The predicted molar refractivity (Wildman–Crippen MR) is 88.3 cm³/mol. The zero-order valence-electron chi connectivity index (χ0n) is 14.2. The van der Waals surface area contributed by atoms with Gasteiger partial charge in [0.05, 0.1) is 12.7 Å². The van der Waals surface area contributed by atoms with Gasteiger partial charge in [-0.05, 0) is 18.8 Å². The summed E-state index contributed by atoms with van der Waals surface area (Å²) in [5.41, 5.74) is 0.340. The molecule has 2 heterocycles. The summed E-state index contributed by atoms with van der Waals surface area (Å²) < 4.78 is 0. The third kappa shape index (κ3) is 4.31. The second-order valence-electron chi connectivity index (χ2n) is 6.96. The molecule has 24 heavy (non-hydrogen) atoms. The molecule has 2 fully saturated rings. The molecule has 132 valence electrons. The van der Waals surface area contributed by atoms with Crippen molar-refractivity contribution in [3.05, 3.63) is 11.9 Å². The first kappa shape index (κ1) is 16.9. The highest BCUT2D eigenvalue weighted by molar-refractivity contribution is 5.92. The Bertz CT molecular complexity index is 553. The summed E-state index contributed by atoms with van der Waals surface area (Å²) in [6, 6.07) is 0.330. The van der Waals surface area contributed by atoms with Gasteiger partial charge in [-0.25, -0.2) is 0 Å². The molecule has 1 aromatic rings. The molecule has 0 bridgehead atoms. The van der Waals surface area contributed by atoms with Crippen molar-refractivity contribution in [1.82, 2.24) is 30.5 Å². The topological polar surface area (TPSA) is 94.2 Å². The molecule has 2 unspecified atom stereocenters. The van der Waals surface area contributed by atoms with Crippen LogP contribution in [0.2, 0.25) is 0 Å². The molecule has 0 spiro atoms. The molecule has 2 amide bonds. The minimum atomic E-state index is -0.107. The van der Waals surface area contributed by atoms with Gasteiger partial charge in [-0.15, -0.1) is 0 Å². The van der Waals surface area contributed by atoms with Crippen LogP contribution in [0.25, 0.3) is 0 Å². The number of rotatable bonds is 4. The zero-order valence-corrected chi connectivity index (χ0v) is 14.2. The fraction of sp³-hybridized carbons (Fsp3) is 0.750. The SMILES string of the molecule is CC1CCCC(NC(=O)CN2CCN(C(=O)c3cn[nH]n3)CC2)C1. The number of H-pyrrole nitrogens is 1. The van der Waals surface area contributed by atoms with Crippen molar-refractivity contribution >= 4 is 11.8 Å². The fourth-order valence-corrected chi connectivity index (χ4v) is 3.62. The molecule has 1 saturated carbocycles. The van der Waals surface area contributed by atoms with E-state index < -0.39 is 0 Å². The molecule has 1 aliphatic carbocycles. The number of aromatic amines is 1. The zero-order chi connectivity index (χ0) is 16.9. The van der Waals surface area contributed by atoms with Crippen LogP contribution in [0.15, 0.2) is 6.20 Å². The third-order valence-corrected chi connectivity index (χ3v) is 4.96.